The van der Waals surface area contributed by atoms with E-state index in [2.05, 4.69) is 34.9 Å². The van der Waals surface area contributed by atoms with Gasteiger partial charge in [0.1, 0.15) is 0 Å². The number of ketones is 1. The van der Waals surface area contributed by atoms with E-state index in [0.29, 0.717) is 11.7 Å². The third-order valence-electron chi connectivity index (χ3n) is 4.72. The van der Waals surface area contributed by atoms with Crippen molar-refractivity contribution in [2.24, 2.45) is 5.92 Å². The van der Waals surface area contributed by atoms with Crippen LogP contribution in [-0.4, -0.2) is 31.5 Å². The van der Waals surface area contributed by atoms with Crippen molar-refractivity contribution in [2.45, 2.75) is 37.6 Å². The molecule has 0 spiro atoms. The SMILES string of the molecule is O=C(C1CCCN1)C(c1ccccc1)C1CCNCC1. The van der Waals surface area contributed by atoms with E-state index in [1.807, 2.05) is 6.07 Å². The number of piperidine rings is 1. The normalized spacial score (nSPS) is 25.5. The van der Waals surface area contributed by atoms with Crippen LogP contribution in [0.15, 0.2) is 30.3 Å². The van der Waals surface area contributed by atoms with Crippen molar-refractivity contribution in [1.82, 2.24) is 10.6 Å². The number of rotatable bonds is 4. The molecular weight excluding hydrogens is 248 g/mol. The summed E-state index contributed by atoms with van der Waals surface area (Å²) in [5.74, 6) is 0.989. The van der Waals surface area contributed by atoms with E-state index >= 15 is 0 Å². The first-order valence-electron chi connectivity index (χ1n) is 7.89. The van der Waals surface area contributed by atoms with Crippen molar-refractivity contribution < 1.29 is 4.79 Å². The van der Waals surface area contributed by atoms with Crippen LogP contribution in [0.1, 0.15) is 37.2 Å². The lowest BCUT2D eigenvalue weighted by molar-refractivity contribution is -0.123. The zero-order chi connectivity index (χ0) is 13.8. The Bertz CT molecular complexity index is 434. The van der Waals surface area contributed by atoms with Crippen LogP contribution < -0.4 is 10.6 Å². The summed E-state index contributed by atoms with van der Waals surface area (Å²) in [7, 11) is 0. The highest BCUT2D eigenvalue weighted by Gasteiger charge is 2.35. The number of hydrogen-bond donors (Lipinski definition) is 2. The van der Waals surface area contributed by atoms with Crippen LogP contribution in [0.3, 0.4) is 0 Å². The Kier molecular flexibility index (Phi) is 4.48. The van der Waals surface area contributed by atoms with Gasteiger partial charge in [-0.1, -0.05) is 30.3 Å². The molecule has 2 aliphatic rings. The lowest BCUT2D eigenvalue weighted by Crippen LogP contribution is -2.40. The van der Waals surface area contributed by atoms with Crippen molar-refractivity contribution in [3.8, 4) is 0 Å². The van der Waals surface area contributed by atoms with Crippen LogP contribution in [0, 0.1) is 5.92 Å². The van der Waals surface area contributed by atoms with Crippen molar-refractivity contribution in [1.29, 1.82) is 0 Å². The number of carbonyl (C=O) groups is 1. The fraction of sp³-hybridized carbons (Fsp3) is 0.588. The summed E-state index contributed by atoms with van der Waals surface area (Å²) < 4.78 is 0. The van der Waals surface area contributed by atoms with Gasteiger partial charge in [-0.05, 0) is 56.8 Å². The topological polar surface area (TPSA) is 41.1 Å². The maximum absolute atomic E-state index is 13.0. The van der Waals surface area contributed by atoms with Crippen LogP contribution >= 0.6 is 0 Å². The summed E-state index contributed by atoms with van der Waals surface area (Å²) in [5, 5.41) is 6.78. The molecule has 0 radical (unpaired) electrons. The smallest absolute Gasteiger partial charge is 0.157 e. The second-order valence-electron chi connectivity index (χ2n) is 6.03. The molecule has 1 aromatic carbocycles. The van der Waals surface area contributed by atoms with E-state index in [0.717, 1.165) is 45.3 Å². The number of nitrogens with one attached hydrogen (secondary N) is 2. The number of benzene rings is 1. The summed E-state index contributed by atoms with van der Waals surface area (Å²) in [6, 6.07) is 10.5. The molecule has 0 bridgehead atoms. The minimum absolute atomic E-state index is 0.0777. The van der Waals surface area contributed by atoms with E-state index in [9.17, 15) is 4.79 Å². The molecule has 108 valence electrons. The Labute approximate surface area is 121 Å². The third kappa shape index (κ3) is 2.94. The molecule has 2 aliphatic heterocycles. The Hall–Kier alpha value is -1.19. The van der Waals surface area contributed by atoms with Crippen molar-refractivity contribution in [3.63, 3.8) is 0 Å². The number of hydrogen-bond acceptors (Lipinski definition) is 3. The first-order valence-corrected chi connectivity index (χ1v) is 7.89. The molecule has 2 atom stereocenters. The molecule has 3 rings (SSSR count). The van der Waals surface area contributed by atoms with Gasteiger partial charge in [0, 0.05) is 5.92 Å². The first-order chi connectivity index (χ1) is 9.86. The Balaban J connectivity index is 1.84. The second-order valence-corrected chi connectivity index (χ2v) is 6.03. The largest absolute Gasteiger partial charge is 0.317 e. The lowest BCUT2D eigenvalue weighted by atomic mass is 9.76. The van der Waals surface area contributed by atoms with E-state index < -0.39 is 0 Å². The molecule has 2 heterocycles. The summed E-state index contributed by atoms with van der Waals surface area (Å²) in [6.45, 7) is 3.07. The maximum Gasteiger partial charge on any atom is 0.157 e. The zero-order valence-corrected chi connectivity index (χ0v) is 12.0. The van der Waals surface area contributed by atoms with Crippen LogP contribution in [-0.2, 0) is 4.79 Å². The zero-order valence-electron chi connectivity index (χ0n) is 12.0. The molecule has 0 saturated carbocycles. The van der Waals surface area contributed by atoms with E-state index in [-0.39, 0.29) is 12.0 Å². The standard InChI is InChI=1S/C17H24N2O/c20-17(15-7-4-10-19-15)16(13-5-2-1-3-6-13)14-8-11-18-12-9-14/h1-3,5-6,14-16,18-19H,4,7-12H2. The summed E-state index contributed by atoms with van der Waals surface area (Å²) in [5.41, 5.74) is 1.21. The molecule has 2 fully saturated rings. The van der Waals surface area contributed by atoms with Crippen LogP contribution in [0.5, 0.6) is 0 Å². The summed E-state index contributed by atoms with van der Waals surface area (Å²) in [6.07, 6.45) is 4.35. The van der Waals surface area contributed by atoms with Gasteiger partial charge < -0.3 is 10.6 Å². The second kappa shape index (κ2) is 6.51. The van der Waals surface area contributed by atoms with Crippen LogP contribution in [0.2, 0.25) is 0 Å². The van der Waals surface area contributed by atoms with Gasteiger partial charge in [-0.3, -0.25) is 4.79 Å². The maximum atomic E-state index is 13.0. The van der Waals surface area contributed by atoms with Gasteiger partial charge in [-0.15, -0.1) is 0 Å². The van der Waals surface area contributed by atoms with Crippen molar-refractivity contribution in [2.75, 3.05) is 19.6 Å². The number of Topliss-reactive ketones (excluding diaryl/α,β-unsaturated/α-hetero) is 1. The highest BCUT2D eigenvalue weighted by atomic mass is 16.1. The van der Waals surface area contributed by atoms with E-state index in [4.69, 9.17) is 0 Å². The van der Waals surface area contributed by atoms with Crippen molar-refractivity contribution >= 4 is 5.78 Å². The Morgan fingerprint density at radius 3 is 2.45 bits per heavy atom. The third-order valence-corrected chi connectivity index (χ3v) is 4.72. The fourth-order valence-corrected chi connectivity index (χ4v) is 3.65. The van der Waals surface area contributed by atoms with E-state index in [1.165, 1.54) is 5.56 Å². The van der Waals surface area contributed by atoms with Crippen LogP contribution in [0.25, 0.3) is 0 Å². The molecular formula is C17H24N2O. The quantitative estimate of drug-likeness (QED) is 0.882. The molecule has 0 aromatic heterocycles. The summed E-state index contributed by atoms with van der Waals surface area (Å²) in [4.78, 5) is 13.0. The predicted molar refractivity (Wildman–Crippen MR) is 80.8 cm³/mol. The van der Waals surface area contributed by atoms with Gasteiger partial charge in [-0.2, -0.15) is 0 Å². The van der Waals surface area contributed by atoms with Crippen molar-refractivity contribution in [3.05, 3.63) is 35.9 Å². The molecule has 0 aliphatic carbocycles. The minimum Gasteiger partial charge on any atom is -0.317 e. The first kappa shape index (κ1) is 13.8. The monoisotopic (exact) mass is 272 g/mol. The predicted octanol–water partition coefficient (Wildman–Crippen LogP) is 2.09. The average Bonchev–Trinajstić information content (AvgIpc) is 3.04. The lowest BCUT2D eigenvalue weighted by Gasteiger charge is -2.31. The fourth-order valence-electron chi connectivity index (χ4n) is 3.65. The minimum atomic E-state index is 0.0777. The highest BCUT2D eigenvalue weighted by Crippen LogP contribution is 2.33. The molecule has 1 aromatic rings. The van der Waals surface area contributed by atoms with Gasteiger partial charge in [0.25, 0.3) is 0 Å². The van der Waals surface area contributed by atoms with Gasteiger partial charge >= 0.3 is 0 Å². The molecule has 20 heavy (non-hydrogen) atoms. The molecule has 3 heteroatoms. The van der Waals surface area contributed by atoms with E-state index in [1.54, 1.807) is 0 Å². The van der Waals surface area contributed by atoms with Crippen LogP contribution in [0.4, 0.5) is 0 Å². The van der Waals surface area contributed by atoms with Gasteiger partial charge in [-0.25, -0.2) is 0 Å². The molecule has 2 saturated heterocycles. The van der Waals surface area contributed by atoms with Gasteiger partial charge in [0.15, 0.2) is 5.78 Å². The number of carbonyl (C=O) groups excluding carboxylic acids is 1. The summed E-state index contributed by atoms with van der Waals surface area (Å²) >= 11 is 0. The molecule has 0 amide bonds. The molecule has 2 unspecified atom stereocenters. The highest BCUT2D eigenvalue weighted by molar-refractivity contribution is 5.91. The van der Waals surface area contributed by atoms with Gasteiger partial charge in [0.2, 0.25) is 0 Å². The van der Waals surface area contributed by atoms with Gasteiger partial charge in [0.05, 0.1) is 6.04 Å². The Morgan fingerprint density at radius 1 is 1.05 bits per heavy atom. The molecule has 3 nitrogen and oxygen atoms in total. The average molecular weight is 272 g/mol. The molecule has 2 N–H and O–H groups in total. The Morgan fingerprint density at radius 2 is 1.80 bits per heavy atom.